The number of amides is 1. The van der Waals surface area contributed by atoms with E-state index in [1.165, 1.54) is 0 Å². The van der Waals surface area contributed by atoms with E-state index in [2.05, 4.69) is 16.2 Å². The van der Waals surface area contributed by atoms with E-state index in [0.717, 1.165) is 5.56 Å². The van der Waals surface area contributed by atoms with Gasteiger partial charge in [0.1, 0.15) is 11.8 Å². The maximum atomic E-state index is 11.8. The van der Waals surface area contributed by atoms with Crippen molar-refractivity contribution in [2.45, 2.75) is 13.0 Å². The van der Waals surface area contributed by atoms with Crippen molar-refractivity contribution in [3.63, 3.8) is 0 Å². The Morgan fingerprint density at radius 2 is 2.05 bits per heavy atom. The molecule has 0 saturated carbocycles. The smallest absolute Gasteiger partial charge is 0.412 e. The van der Waals surface area contributed by atoms with Crippen LogP contribution >= 0.6 is 0 Å². The Bertz CT molecular complexity index is 632. The zero-order valence-electron chi connectivity index (χ0n) is 11.0. The number of anilines is 1. The summed E-state index contributed by atoms with van der Waals surface area (Å²) in [5.74, 6) is 2.40. The maximum Gasteiger partial charge on any atom is 0.412 e. The lowest BCUT2D eigenvalue weighted by Crippen LogP contribution is -2.17. The SMILES string of the molecule is C#Cc1ncccc1NC(=O)O[C@H](C)c1ccccc1. The highest BCUT2D eigenvalue weighted by molar-refractivity contribution is 5.86. The summed E-state index contributed by atoms with van der Waals surface area (Å²) in [6.07, 6.45) is 5.97. The molecule has 0 aliphatic carbocycles. The van der Waals surface area contributed by atoms with Gasteiger partial charge in [-0.3, -0.25) is 5.32 Å². The molecule has 1 atom stereocenters. The second kappa shape index (κ2) is 6.39. The standard InChI is InChI=1S/C16H14N2O2/c1-3-14-15(10-7-11-17-14)18-16(19)20-12(2)13-8-5-4-6-9-13/h1,4-12H,2H3,(H,18,19)/t12-/m1/s1. The Morgan fingerprint density at radius 1 is 1.30 bits per heavy atom. The monoisotopic (exact) mass is 266 g/mol. The predicted octanol–water partition coefficient (Wildman–Crippen LogP) is 3.37. The summed E-state index contributed by atoms with van der Waals surface area (Å²) in [5, 5.41) is 2.60. The molecule has 100 valence electrons. The molecule has 2 aromatic rings. The van der Waals surface area contributed by atoms with Gasteiger partial charge in [-0.1, -0.05) is 30.3 Å². The fourth-order valence-electron chi connectivity index (χ4n) is 1.71. The van der Waals surface area contributed by atoms with Crippen LogP contribution in [0.3, 0.4) is 0 Å². The van der Waals surface area contributed by atoms with E-state index in [1.807, 2.05) is 30.3 Å². The first-order chi connectivity index (χ1) is 9.70. The molecule has 0 fully saturated rings. The van der Waals surface area contributed by atoms with Gasteiger partial charge in [0.2, 0.25) is 0 Å². The van der Waals surface area contributed by atoms with E-state index in [4.69, 9.17) is 11.2 Å². The normalized spacial score (nSPS) is 11.2. The second-order valence-electron chi connectivity index (χ2n) is 4.13. The topological polar surface area (TPSA) is 51.2 Å². The van der Waals surface area contributed by atoms with Crippen molar-refractivity contribution in [1.82, 2.24) is 4.98 Å². The van der Waals surface area contributed by atoms with Gasteiger partial charge in [-0.05, 0) is 30.5 Å². The van der Waals surface area contributed by atoms with Crippen molar-refractivity contribution in [2.75, 3.05) is 5.32 Å². The fourth-order valence-corrected chi connectivity index (χ4v) is 1.71. The van der Waals surface area contributed by atoms with Crippen LogP contribution in [0.15, 0.2) is 48.7 Å². The van der Waals surface area contributed by atoms with Crippen molar-refractivity contribution in [3.05, 3.63) is 59.9 Å². The second-order valence-corrected chi connectivity index (χ2v) is 4.13. The van der Waals surface area contributed by atoms with E-state index >= 15 is 0 Å². The molecule has 0 saturated heterocycles. The molecule has 0 radical (unpaired) electrons. The Labute approximate surface area is 117 Å². The molecular weight excluding hydrogens is 252 g/mol. The van der Waals surface area contributed by atoms with E-state index < -0.39 is 6.09 Å². The number of nitrogens with zero attached hydrogens (tertiary/aromatic N) is 1. The zero-order chi connectivity index (χ0) is 14.4. The minimum atomic E-state index is -0.564. The van der Waals surface area contributed by atoms with Gasteiger partial charge in [-0.25, -0.2) is 9.78 Å². The summed E-state index contributed by atoms with van der Waals surface area (Å²) in [6, 6.07) is 12.9. The number of hydrogen-bond acceptors (Lipinski definition) is 3. The summed E-state index contributed by atoms with van der Waals surface area (Å²) >= 11 is 0. The molecule has 1 aromatic carbocycles. The van der Waals surface area contributed by atoms with Crippen LogP contribution in [0.25, 0.3) is 0 Å². The number of benzene rings is 1. The van der Waals surface area contributed by atoms with Crippen LogP contribution in [-0.4, -0.2) is 11.1 Å². The van der Waals surface area contributed by atoms with Crippen molar-refractivity contribution in [1.29, 1.82) is 0 Å². The van der Waals surface area contributed by atoms with Crippen LogP contribution in [0.1, 0.15) is 24.3 Å². The zero-order valence-corrected chi connectivity index (χ0v) is 11.0. The maximum absolute atomic E-state index is 11.8. The third kappa shape index (κ3) is 3.36. The largest absolute Gasteiger partial charge is 0.441 e. The van der Waals surface area contributed by atoms with E-state index in [1.54, 1.807) is 25.3 Å². The van der Waals surface area contributed by atoms with Gasteiger partial charge in [0, 0.05) is 6.20 Å². The van der Waals surface area contributed by atoms with Crippen molar-refractivity contribution >= 4 is 11.8 Å². The van der Waals surface area contributed by atoms with Gasteiger partial charge >= 0.3 is 6.09 Å². The fraction of sp³-hybridized carbons (Fsp3) is 0.125. The number of carbonyl (C=O) groups excluding carboxylic acids is 1. The number of pyridine rings is 1. The van der Waals surface area contributed by atoms with Gasteiger partial charge in [-0.2, -0.15) is 0 Å². The summed E-state index contributed by atoms with van der Waals surface area (Å²) in [6.45, 7) is 1.81. The lowest BCUT2D eigenvalue weighted by Gasteiger charge is -2.14. The average molecular weight is 266 g/mol. The summed E-state index contributed by atoms with van der Waals surface area (Å²) in [4.78, 5) is 15.8. The minimum Gasteiger partial charge on any atom is -0.441 e. The highest BCUT2D eigenvalue weighted by Crippen LogP contribution is 2.18. The van der Waals surface area contributed by atoms with Crippen LogP contribution in [0, 0.1) is 12.3 Å². The van der Waals surface area contributed by atoms with Gasteiger partial charge in [-0.15, -0.1) is 6.42 Å². The molecule has 2 rings (SSSR count). The molecule has 0 aliphatic rings. The molecule has 1 amide bonds. The number of rotatable bonds is 3. The first-order valence-electron chi connectivity index (χ1n) is 6.15. The number of carbonyl (C=O) groups is 1. The Kier molecular flexibility index (Phi) is 4.35. The minimum absolute atomic E-state index is 0.345. The third-order valence-electron chi connectivity index (χ3n) is 2.73. The molecule has 20 heavy (non-hydrogen) atoms. The summed E-state index contributed by atoms with van der Waals surface area (Å²) in [5.41, 5.74) is 1.75. The van der Waals surface area contributed by atoms with Crippen LogP contribution in [0.2, 0.25) is 0 Å². The van der Waals surface area contributed by atoms with Gasteiger partial charge in [0.25, 0.3) is 0 Å². The average Bonchev–Trinajstić information content (AvgIpc) is 2.48. The first kappa shape index (κ1) is 13.6. The molecule has 1 aromatic heterocycles. The Morgan fingerprint density at radius 3 is 2.75 bits per heavy atom. The highest BCUT2D eigenvalue weighted by Gasteiger charge is 2.12. The molecule has 1 N–H and O–H groups in total. The quantitative estimate of drug-likeness (QED) is 0.866. The molecule has 1 heterocycles. The number of nitrogens with one attached hydrogen (secondary N) is 1. The van der Waals surface area contributed by atoms with Gasteiger partial charge in [0.15, 0.2) is 0 Å². The molecular formula is C16H14N2O2. The van der Waals surface area contributed by atoms with Crippen molar-refractivity contribution in [2.24, 2.45) is 0 Å². The van der Waals surface area contributed by atoms with Crippen LogP contribution in [0.4, 0.5) is 10.5 Å². The van der Waals surface area contributed by atoms with Gasteiger partial charge < -0.3 is 4.74 Å². The highest BCUT2D eigenvalue weighted by atomic mass is 16.6. The predicted molar refractivity (Wildman–Crippen MR) is 77.1 cm³/mol. The number of hydrogen-bond donors (Lipinski definition) is 1. The van der Waals surface area contributed by atoms with E-state index in [0.29, 0.717) is 11.4 Å². The summed E-state index contributed by atoms with van der Waals surface area (Å²) < 4.78 is 5.29. The molecule has 4 heteroatoms. The van der Waals surface area contributed by atoms with Gasteiger partial charge in [0.05, 0.1) is 5.69 Å². The lowest BCUT2D eigenvalue weighted by atomic mass is 10.1. The molecule has 0 aliphatic heterocycles. The number of ether oxygens (including phenoxy) is 1. The molecule has 0 spiro atoms. The molecule has 0 bridgehead atoms. The Hall–Kier alpha value is -2.80. The lowest BCUT2D eigenvalue weighted by molar-refractivity contribution is 0.121. The van der Waals surface area contributed by atoms with Crippen molar-refractivity contribution in [3.8, 4) is 12.3 Å². The Balaban J connectivity index is 2.01. The number of aromatic nitrogens is 1. The van der Waals surface area contributed by atoms with Crippen molar-refractivity contribution < 1.29 is 9.53 Å². The molecule has 4 nitrogen and oxygen atoms in total. The summed E-state index contributed by atoms with van der Waals surface area (Å²) in [7, 11) is 0. The van der Waals surface area contributed by atoms with Crippen LogP contribution < -0.4 is 5.32 Å². The van der Waals surface area contributed by atoms with E-state index in [-0.39, 0.29) is 6.10 Å². The number of terminal acetylenes is 1. The molecule has 0 unspecified atom stereocenters. The van der Waals surface area contributed by atoms with Crippen LogP contribution in [-0.2, 0) is 4.74 Å². The van der Waals surface area contributed by atoms with Crippen LogP contribution in [0.5, 0.6) is 0 Å². The third-order valence-corrected chi connectivity index (χ3v) is 2.73. The van der Waals surface area contributed by atoms with E-state index in [9.17, 15) is 4.79 Å². The first-order valence-corrected chi connectivity index (χ1v) is 6.15.